The average molecular weight is 885 g/mol. The second kappa shape index (κ2) is 19.8. The predicted octanol–water partition coefficient (Wildman–Crippen LogP) is 3.76. The van der Waals surface area contributed by atoms with E-state index in [0.717, 1.165) is 72.3 Å². The molecule has 64 heavy (non-hydrogen) atoms. The first-order chi connectivity index (χ1) is 31.2. The van der Waals surface area contributed by atoms with Gasteiger partial charge in [-0.2, -0.15) is 0 Å². The monoisotopic (exact) mass is 884 g/mol. The van der Waals surface area contributed by atoms with Crippen LogP contribution < -0.4 is 44.4 Å². The molecule has 3 fully saturated rings. The number of ether oxygens (including phenoxy) is 6. The van der Waals surface area contributed by atoms with Crippen molar-refractivity contribution >= 4 is 17.9 Å². The van der Waals surface area contributed by atoms with Crippen LogP contribution in [0.2, 0.25) is 0 Å². The molecule has 6 heterocycles. The highest BCUT2D eigenvalue weighted by atomic mass is 16.6. The minimum Gasteiger partial charge on any atom is -0.486 e. The highest BCUT2D eigenvalue weighted by Crippen LogP contribution is 2.43. The number of carboxylic acid groups (broad SMARTS) is 3. The van der Waals surface area contributed by atoms with E-state index in [1.807, 2.05) is 36.4 Å². The van der Waals surface area contributed by atoms with Crippen LogP contribution >= 0.6 is 0 Å². The molecule has 16 heteroatoms. The highest BCUT2D eigenvalue weighted by Gasteiger charge is 2.35. The Bertz CT molecular complexity index is 1940. The number of benzene rings is 3. The minimum atomic E-state index is -0.825. The van der Waals surface area contributed by atoms with E-state index in [9.17, 15) is 29.7 Å². The number of hydrogen-bond donors (Lipinski definition) is 6. The second-order valence-corrected chi connectivity index (χ2v) is 18.2. The summed E-state index contributed by atoms with van der Waals surface area (Å²) in [4.78, 5) is 40.3. The molecular formula is C48H60N4O12. The maximum atomic E-state index is 12.7. The molecule has 6 atom stereocenters. The van der Waals surface area contributed by atoms with Crippen molar-refractivity contribution in [2.45, 2.75) is 58.2 Å². The SMILES string of the molecule is O=C(O)[C@@H](Cc1cc(CN(Cc2cc(C[C@H](C(=O)O)[C@H]3CCNC3)cc3c2OCCO3)Cc2cc(C[C@H](C(=O)O)[C@H]3CCNC3)cc3c2OCCO3)c2c(c1)OCCO2)[C@H]1CCNC1. The summed E-state index contributed by atoms with van der Waals surface area (Å²) in [6, 6.07) is 11.8. The fourth-order valence-corrected chi connectivity index (χ4v) is 10.7. The zero-order valence-corrected chi connectivity index (χ0v) is 36.2. The van der Waals surface area contributed by atoms with Gasteiger partial charge in [0, 0.05) is 36.3 Å². The molecule has 3 aromatic rings. The molecule has 6 aliphatic rings. The molecule has 0 saturated carbocycles. The first-order valence-corrected chi connectivity index (χ1v) is 22.9. The maximum Gasteiger partial charge on any atom is 0.307 e. The zero-order chi connectivity index (χ0) is 44.2. The Morgan fingerprint density at radius 2 is 0.781 bits per heavy atom. The van der Waals surface area contributed by atoms with Gasteiger partial charge in [-0.3, -0.25) is 19.3 Å². The molecule has 9 rings (SSSR count). The predicted molar refractivity (Wildman–Crippen MR) is 233 cm³/mol. The third-order valence-electron chi connectivity index (χ3n) is 13.8. The molecule has 16 nitrogen and oxygen atoms in total. The van der Waals surface area contributed by atoms with Crippen LogP contribution in [0.15, 0.2) is 36.4 Å². The van der Waals surface area contributed by atoms with E-state index in [-0.39, 0.29) is 17.8 Å². The standard InChI is InChI=1S/C48H60N4O12/c53-46(54)37(31-1-4-49-22-31)16-28-13-34(43-40(19-28)59-7-10-62-43)25-52(26-35-14-29(20-41-44(35)63-11-8-60-41)17-38(47(55)56)32-2-5-50-23-32)27-36-15-30(21-42-45(36)64-12-9-61-42)18-39(48(57)58)33-3-6-51-24-33/h13-15,19-21,31-33,37-39,49-51H,1-12,16-18,22-27H2,(H,53,54)(H,55,56)(H,57,58)/t31-,32-,33-,37-,38-,39-/m0/s1. The zero-order valence-electron chi connectivity index (χ0n) is 36.2. The molecule has 0 aromatic heterocycles. The maximum absolute atomic E-state index is 12.7. The Balaban J connectivity index is 1.11. The van der Waals surface area contributed by atoms with Crippen LogP contribution in [0.25, 0.3) is 0 Å². The van der Waals surface area contributed by atoms with Crippen molar-refractivity contribution < 1.29 is 58.1 Å². The van der Waals surface area contributed by atoms with Gasteiger partial charge in [0.2, 0.25) is 0 Å². The minimum absolute atomic E-state index is 0.00306. The number of hydrogen-bond acceptors (Lipinski definition) is 13. The Kier molecular flexibility index (Phi) is 13.6. The largest absolute Gasteiger partial charge is 0.486 e. The van der Waals surface area contributed by atoms with Gasteiger partial charge in [0.15, 0.2) is 34.5 Å². The van der Waals surface area contributed by atoms with Crippen molar-refractivity contribution in [3.8, 4) is 34.5 Å². The van der Waals surface area contributed by atoms with Crippen molar-refractivity contribution in [3.05, 3.63) is 69.8 Å². The number of aliphatic carboxylic acids is 3. The van der Waals surface area contributed by atoms with E-state index in [1.165, 1.54) is 0 Å². The smallest absolute Gasteiger partial charge is 0.307 e. The molecule has 3 aromatic carbocycles. The van der Waals surface area contributed by atoms with Crippen LogP contribution in [0.5, 0.6) is 34.5 Å². The summed E-state index contributed by atoms with van der Waals surface area (Å²) in [5.41, 5.74) is 4.99. The molecule has 0 radical (unpaired) electrons. The van der Waals surface area contributed by atoms with Crippen LogP contribution in [0.3, 0.4) is 0 Å². The summed E-state index contributed by atoms with van der Waals surface area (Å²) in [7, 11) is 0. The van der Waals surface area contributed by atoms with Crippen LogP contribution in [0, 0.1) is 35.5 Å². The first-order valence-electron chi connectivity index (χ1n) is 22.9. The lowest BCUT2D eigenvalue weighted by Gasteiger charge is -2.31. The molecular weight excluding hydrogens is 825 g/mol. The molecule has 3 saturated heterocycles. The van der Waals surface area contributed by atoms with Gasteiger partial charge in [-0.25, -0.2) is 0 Å². The van der Waals surface area contributed by atoms with Crippen LogP contribution in [-0.4, -0.2) is 117 Å². The molecule has 0 unspecified atom stereocenters. The summed E-state index contributed by atoms with van der Waals surface area (Å²) in [6.07, 6.45) is 3.37. The van der Waals surface area contributed by atoms with Crippen molar-refractivity contribution in [2.75, 3.05) is 78.9 Å². The van der Waals surface area contributed by atoms with Gasteiger partial charge in [0.05, 0.1) is 17.8 Å². The number of carboxylic acids is 3. The van der Waals surface area contributed by atoms with E-state index in [4.69, 9.17) is 28.4 Å². The summed E-state index contributed by atoms with van der Waals surface area (Å²) in [6.45, 7) is 7.49. The number of nitrogens with zero attached hydrogens (tertiary/aromatic N) is 1. The van der Waals surface area contributed by atoms with Crippen molar-refractivity contribution in [2.24, 2.45) is 35.5 Å². The number of rotatable bonds is 18. The van der Waals surface area contributed by atoms with Crippen molar-refractivity contribution in [1.29, 1.82) is 0 Å². The van der Waals surface area contributed by atoms with E-state index in [1.54, 1.807) is 0 Å². The van der Waals surface area contributed by atoms with Gasteiger partial charge in [0.25, 0.3) is 0 Å². The molecule has 0 bridgehead atoms. The number of carbonyl (C=O) groups is 3. The molecule has 344 valence electrons. The van der Waals surface area contributed by atoms with Crippen molar-refractivity contribution in [3.63, 3.8) is 0 Å². The van der Waals surface area contributed by atoms with E-state index >= 15 is 0 Å². The molecule has 6 N–H and O–H groups in total. The van der Waals surface area contributed by atoms with Gasteiger partial charge >= 0.3 is 17.9 Å². The van der Waals surface area contributed by atoms with E-state index in [0.29, 0.717) is 133 Å². The van der Waals surface area contributed by atoms with Gasteiger partial charge < -0.3 is 59.7 Å². The summed E-state index contributed by atoms with van der Waals surface area (Å²) in [5.74, 6) is -0.689. The summed E-state index contributed by atoms with van der Waals surface area (Å²) < 4.78 is 37.5. The van der Waals surface area contributed by atoms with Crippen LogP contribution in [-0.2, 0) is 53.3 Å². The Hall–Kier alpha value is -5.29. The fourth-order valence-electron chi connectivity index (χ4n) is 10.7. The third kappa shape index (κ3) is 9.99. The second-order valence-electron chi connectivity index (χ2n) is 18.2. The topological polar surface area (TPSA) is 207 Å². The van der Waals surface area contributed by atoms with Gasteiger partial charge in [-0.05, 0) is 130 Å². The molecule has 0 aliphatic carbocycles. The van der Waals surface area contributed by atoms with Crippen LogP contribution in [0.1, 0.15) is 52.6 Å². The lowest BCUT2D eigenvalue weighted by atomic mass is 9.85. The normalized spacial score (nSPS) is 22.5. The fraction of sp³-hybridized carbons (Fsp3) is 0.562. The quantitative estimate of drug-likeness (QED) is 0.108. The Labute approximate surface area is 372 Å². The van der Waals surface area contributed by atoms with Crippen LogP contribution in [0.4, 0.5) is 0 Å². The Morgan fingerprint density at radius 3 is 1.05 bits per heavy atom. The highest BCUT2D eigenvalue weighted by molar-refractivity contribution is 5.72. The average Bonchev–Trinajstić information content (AvgIpc) is 4.12. The van der Waals surface area contributed by atoms with E-state index in [2.05, 4.69) is 20.9 Å². The number of fused-ring (bicyclic) bond motifs is 3. The van der Waals surface area contributed by atoms with Crippen molar-refractivity contribution in [1.82, 2.24) is 20.9 Å². The molecule has 0 spiro atoms. The summed E-state index contributed by atoms with van der Waals surface area (Å²) in [5, 5.41) is 41.2. The van der Waals surface area contributed by atoms with Gasteiger partial charge in [-0.1, -0.05) is 18.2 Å². The van der Waals surface area contributed by atoms with Gasteiger partial charge in [0.1, 0.15) is 39.6 Å². The lowest BCUT2D eigenvalue weighted by molar-refractivity contribution is -0.144. The lowest BCUT2D eigenvalue weighted by Crippen LogP contribution is -2.29. The first kappa shape index (κ1) is 43.9. The van der Waals surface area contributed by atoms with E-state index < -0.39 is 35.7 Å². The molecule has 6 aliphatic heterocycles. The molecule has 0 amide bonds. The number of nitrogens with one attached hydrogen (secondary N) is 3. The summed E-state index contributed by atoms with van der Waals surface area (Å²) >= 11 is 0. The third-order valence-corrected chi connectivity index (χ3v) is 13.8. The Morgan fingerprint density at radius 1 is 0.484 bits per heavy atom. The van der Waals surface area contributed by atoms with Gasteiger partial charge in [-0.15, -0.1) is 0 Å².